The molecule has 0 bridgehead atoms. The van der Waals surface area contributed by atoms with E-state index in [4.69, 9.17) is 23.5 Å². The van der Waals surface area contributed by atoms with E-state index in [1.54, 1.807) is 0 Å². The van der Waals surface area contributed by atoms with Gasteiger partial charge in [0.05, 0.1) is 6.61 Å². The maximum absolute atomic E-state index is 12.4. The Morgan fingerprint density at radius 3 is 1.92 bits per heavy atom. The van der Waals surface area contributed by atoms with Gasteiger partial charge in [-0.1, -0.05) is 71.6 Å². The Balaban J connectivity index is 2.61. The predicted molar refractivity (Wildman–Crippen MR) is 141 cm³/mol. The van der Waals surface area contributed by atoms with Crippen LogP contribution >= 0.6 is 0 Å². The number of aliphatic hydroxyl groups excluding tert-OH is 3. The summed E-state index contributed by atoms with van der Waals surface area (Å²) in [5.74, 6) is -2.03. The zero-order chi connectivity index (χ0) is 29.3. The van der Waals surface area contributed by atoms with E-state index < -0.39 is 71.2 Å². The molecular weight excluding hydrogens is 536 g/mol. The summed E-state index contributed by atoms with van der Waals surface area (Å²) in [5, 5.41) is 30.3. The molecule has 1 fully saturated rings. The van der Waals surface area contributed by atoms with Crippen LogP contribution in [0.5, 0.6) is 0 Å². The van der Waals surface area contributed by atoms with Gasteiger partial charge in [0.2, 0.25) is 0 Å². The maximum atomic E-state index is 12.4. The van der Waals surface area contributed by atoms with Gasteiger partial charge in [-0.3, -0.25) is 14.1 Å². The number of esters is 2. The number of hydrogen-bond acceptors (Lipinski definition) is 11. The van der Waals surface area contributed by atoms with Crippen molar-refractivity contribution in [3.63, 3.8) is 0 Å². The number of hydrogen-bond donors (Lipinski definition) is 4. The Labute approximate surface area is 232 Å². The van der Waals surface area contributed by atoms with Crippen molar-refractivity contribution < 1.29 is 56.8 Å². The number of aliphatic hydroxyl groups is 3. The van der Waals surface area contributed by atoms with Crippen LogP contribution in [0.1, 0.15) is 97.3 Å². The van der Waals surface area contributed by atoms with Gasteiger partial charge in [0.15, 0.2) is 12.4 Å². The largest absolute Gasteiger partial charge is 0.462 e. The van der Waals surface area contributed by atoms with Crippen LogP contribution in [0.3, 0.4) is 0 Å². The minimum absolute atomic E-state index is 0.167. The monoisotopic (exact) mass is 584 g/mol. The minimum atomic E-state index is -4.57. The summed E-state index contributed by atoms with van der Waals surface area (Å²) < 4.78 is 52.9. The lowest BCUT2D eigenvalue weighted by molar-refractivity contribution is -0.297. The van der Waals surface area contributed by atoms with Crippen molar-refractivity contribution in [2.75, 3.05) is 19.0 Å². The molecule has 1 rings (SSSR count). The highest BCUT2D eigenvalue weighted by Crippen LogP contribution is 2.23. The van der Waals surface area contributed by atoms with Gasteiger partial charge in [-0.15, -0.1) is 0 Å². The first-order chi connectivity index (χ1) is 18.5. The summed E-state index contributed by atoms with van der Waals surface area (Å²) in [7, 11) is -4.57. The summed E-state index contributed by atoms with van der Waals surface area (Å²) in [6.07, 6.45) is 1.95. The normalized spacial score (nSPS) is 24.3. The van der Waals surface area contributed by atoms with Gasteiger partial charge in [0.25, 0.3) is 10.1 Å². The van der Waals surface area contributed by atoms with Crippen LogP contribution < -0.4 is 0 Å². The van der Waals surface area contributed by atoms with E-state index in [0.29, 0.717) is 12.8 Å². The molecule has 1 aliphatic rings. The Bertz CT molecular complexity index is 790. The van der Waals surface area contributed by atoms with Gasteiger partial charge >= 0.3 is 11.9 Å². The minimum Gasteiger partial charge on any atom is -0.462 e. The molecule has 39 heavy (non-hydrogen) atoms. The quantitative estimate of drug-likeness (QED) is 0.0877. The molecule has 12 nitrogen and oxygen atoms in total. The summed E-state index contributed by atoms with van der Waals surface area (Å²) in [4.78, 5) is 24.4. The number of carbonyl (C=O) groups is 2. The third kappa shape index (κ3) is 15.9. The molecule has 6 atom stereocenters. The summed E-state index contributed by atoms with van der Waals surface area (Å²) in [6.45, 7) is 3.38. The van der Waals surface area contributed by atoms with E-state index in [9.17, 15) is 33.3 Å². The second-order valence-corrected chi connectivity index (χ2v) is 11.6. The highest BCUT2D eigenvalue weighted by Gasteiger charge is 2.46. The molecule has 1 saturated heterocycles. The lowest BCUT2D eigenvalue weighted by atomic mass is 10.00. The van der Waals surface area contributed by atoms with Crippen LogP contribution in [-0.4, -0.2) is 96.0 Å². The summed E-state index contributed by atoms with van der Waals surface area (Å²) in [6, 6.07) is 0. The van der Waals surface area contributed by atoms with Crippen LogP contribution in [0.25, 0.3) is 0 Å². The third-order valence-corrected chi connectivity index (χ3v) is 7.19. The van der Waals surface area contributed by atoms with E-state index >= 15 is 0 Å². The molecule has 0 aliphatic carbocycles. The SMILES string of the molecule is CCCCCCCCCCCC(=O)O[C@H](COC(=O)CCCC)CO[C@@H]1O[C@H](CS(=O)(=O)O)[C@@H](O)[C@H](O)[C@H]1O. The van der Waals surface area contributed by atoms with Crippen LogP contribution in [-0.2, 0) is 38.7 Å². The van der Waals surface area contributed by atoms with Crippen molar-refractivity contribution in [3.8, 4) is 0 Å². The fraction of sp³-hybridized carbons (Fsp3) is 0.923. The molecule has 0 aromatic carbocycles. The Morgan fingerprint density at radius 1 is 0.769 bits per heavy atom. The van der Waals surface area contributed by atoms with Gasteiger partial charge in [-0.25, -0.2) is 0 Å². The van der Waals surface area contributed by atoms with Gasteiger partial charge in [0, 0.05) is 12.8 Å². The number of unbranched alkanes of at least 4 members (excludes halogenated alkanes) is 9. The topological polar surface area (TPSA) is 186 Å². The van der Waals surface area contributed by atoms with Crippen molar-refractivity contribution in [1.82, 2.24) is 0 Å². The van der Waals surface area contributed by atoms with E-state index in [2.05, 4.69) is 6.92 Å². The highest BCUT2D eigenvalue weighted by atomic mass is 32.2. The second-order valence-electron chi connectivity index (χ2n) is 10.1. The highest BCUT2D eigenvalue weighted by molar-refractivity contribution is 7.85. The first-order valence-electron chi connectivity index (χ1n) is 14.1. The molecule has 1 aliphatic heterocycles. The van der Waals surface area contributed by atoms with Crippen molar-refractivity contribution in [1.29, 1.82) is 0 Å². The molecule has 4 N–H and O–H groups in total. The number of ether oxygens (including phenoxy) is 4. The smallest absolute Gasteiger partial charge is 0.306 e. The molecule has 0 amide bonds. The number of carbonyl (C=O) groups excluding carboxylic acids is 2. The van der Waals surface area contributed by atoms with Crippen molar-refractivity contribution >= 4 is 22.1 Å². The van der Waals surface area contributed by atoms with Crippen molar-refractivity contribution in [2.24, 2.45) is 0 Å². The molecule has 0 aromatic rings. The van der Waals surface area contributed by atoms with Gasteiger partial charge in [-0.2, -0.15) is 8.42 Å². The van der Waals surface area contributed by atoms with Crippen LogP contribution in [0.2, 0.25) is 0 Å². The van der Waals surface area contributed by atoms with Gasteiger partial charge in [-0.05, 0) is 12.8 Å². The lowest BCUT2D eigenvalue weighted by Gasteiger charge is -2.40. The van der Waals surface area contributed by atoms with Crippen LogP contribution in [0.15, 0.2) is 0 Å². The van der Waals surface area contributed by atoms with E-state index in [1.807, 2.05) is 6.92 Å². The zero-order valence-corrected chi connectivity index (χ0v) is 24.1. The first kappa shape index (κ1) is 35.7. The van der Waals surface area contributed by atoms with Crippen LogP contribution in [0, 0.1) is 0 Å². The lowest BCUT2D eigenvalue weighted by Crippen LogP contribution is -2.60. The van der Waals surface area contributed by atoms with Crippen molar-refractivity contribution in [2.45, 2.75) is 134 Å². The predicted octanol–water partition coefficient (Wildman–Crippen LogP) is 2.26. The fourth-order valence-corrected chi connectivity index (χ4v) is 4.81. The van der Waals surface area contributed by atoms with Gasteiger partial charge < -0.3 is 34.3 Å². The molecule has 0 aromatic heterocycles. The van der Waals surface area contributed by atoms with E-state index in [0.717, 1.165) is 25.7 Å². The Hall–Kier alpha value is -1.35. The molecule has 1 heterocycles. The second kappa shape index (κ2) is 19.7. The molecule has 0 radical (unpaired) electrons. The molecule has 13 heteroatoms. The fourth-order valence-electron chi connectivity index (χ4n) is 4.12. The zero-order valence-electron chi connectivity index (χ0n) is 23.2. The Morgan fingerprint density at radius 2 is 1.33 bits per heavy atom. The van der Waals surface area contributed by atoms with Crippen molar-refractivity contribution in [3.05, 3.63) is 0 Å². The van der Waals surface area contributed by atoms with Crippen LogP contribution in [0.4, 0.5) is 0 Å². The maximum Gasteiger partial charge on any atom is 0.306 e. The first-order valence-corrected chi connectivity index (χ1v) is 15.7. The molecular formula is C26H48O12S. The third-order valence-electron chi connectivity index (χ3n) is 6.44. The van der Waals surface area contributed by atoms with E-state index in [-0.39, 0.29) is 19.4 Å². The summed E-state index contributed by atoms with van der Waals surface area (Å²) in [5.41, 5.74) is 0. The number of rotatable bonds is 21. The van der Waals surface area contributed by atoms with Gasteiger partial charge in [0.1, 0.15) is 36.8 Å². The summed E-state index contributed by atoms with van der Waals surface area (Å²) >= 11 is 0. The van der Waals surface area contributed by atoms with E-state index in [1.165, 1.54) is 32.1 Å². The standard InChI is InChI=1S/C26H48O12S/c1-3-5-7-8-9-10-11-12-13-15-22(28)37-19(16-35-21(27)14-6-4-2)17-36-26-25(31)24(30)23(29)20(38-26)18-39(32,33)34/h19-20,23-26,29-31H,3-18H2,1-2H3,(H,32,33,34)/t19-,20-,23-,24+,25-,26-/m1/s1. The average molecular weight is 585 g/mol. The molecule has 230 valence electrons. The molecule has 0 saturated carbocycles. The molecule has 0 unspecified atom stereocenters. The molecule has 0 spiro atoms. The average Bonchev–Trinajstić information content (AvgIpc) is 2.88. The Kier molecular flexibility index (Phi) is 18.0.